The van der Waals surface area contributed by atoms with Gasteiger partial charge in [-0.05, 0) is 0 Å². The van der Waals surface area contributed by atoms with Crippen molar-refractivity contribution >= 4 is 17.2 Å². The molecule has 1 N–H and O–H groups in total. The highest BCUT2D eigenvalue weighted by Crippen LogP contribution is 2.23. The predicted molar refractivity (Wildman–Crippen MR) is 113 cm³/mol. The van der Waals surface area contributed by atoms with E-state index in [2.05, 4.69) is 15.3 Å². The first kappa shape index (κ1) is 18.8. The van der Waals surface area contributed by atoms with Crippen LogP contribution in [0.1, 0.15) is 5.69 Å². The van der Waals surface area contributed by atoms with E-state index in [1.807, 2.05) is 66.0 Å². The molecule has 7 heteroatoms. The fourth-order valence-corrected chi connectivity index (χ4v) is 3.64. The van der Waals surface area contributed by atoms with Gasteiger partial charge in [-0.2, -0.15) is 0 Å². The van der Waals surface area contributed by atoms with Crippen LogP contribution in [-0.4, -0.2) is 20.4 Å². The Balaban J connectivity index is 1.37. The Bertz CT molecular complexity index is 1170. The molecule has 4 aromatic rings. The monoisotopic (exact) mass is 402 g/mol. The van der Waals surface area contributed by atoms with E-state index in [0.29, 0.717) is 12.2 Å². The van der Waals surface area contributed by atoms with Gasteiger partial charge < -0.3 is 5.32 Å². The molecule has 4 rings (SSSR count). The molecule has 144 valence electrons. The fourth-order valence-electron chi connectivity index (χ4n) is 2.81. The van der Waals surface area contributed by atoms with Gasteiger partial charge in [0.25, 0.3) is 5.56 Å². The molecule has 0 saturated heterocycles. The summed E-state index contributed by atoms with van der Waals surface area (Å²) in [5.74, 6) is -0.268. The first-order chi connectivity index (χ1) is 14.2. The van der Waals surface area contributed by atoms with Crippen LogP contribution in [-0.2, 0) is 17.9 Å². The zero-order valence-electron chi connectivity index (χ0n) is 15.5. The third-order valence-electron chi connectivity index (χ3n) is 4.30. The van der Waals surface area contributed by atoms with Gasteiger partial charge in [0.2, 0.25) is 5.91 Å². The van der Waals surface area contributed by atoms with Crippen molar-refractivity contribution in [3.8, 4) is 21.8 Å². The van der Waals surface area contributed by atoms with Crippen molar-refractivity contribution in [3.63, 3.8) is 0 Å². The van der Waals surface area contributed by atoms with Crippen LogP contribution in [0.4, 0.5) is 0 Å². The van der Waals surface area contributed by atoms with E-state index in [1.165, 1.54) is 28.3 Å². The van der Waals surface area contributed by atoms with E-state index >= 15 is 0 Å². The first-order valence-corrected chi connectivity index (χ1v) is 9.95. The number of thiazole rings is 1. The van der Waals surface area contributed by atoms with E-state index in [1.54, 1.807) is 0 Å². The highest BCUT2D eigenvalue weighted by Gasteiger charge is 2.09. The van der Waals surface area contributed by atoms with Crippen LogP contribution in [0.2, 0.25) is 0 Å². The molecule has 0 bridgehead atoms. The van der Waals surface area contributed by atoms with Crippen LogP contribution < -0.4 is 10.9 Å². The maximum Gasteiger partial charge on any atom is 0.254 e. The van der Waals surface area contributed by atoms with Crippen LogP contribution in [0.5, 0.6) is 0 Å². The zero-order chi connectivity index (χ0) is 20.1. The fraction of sp³-hybridized carbons (Fsp3) is 0.0909. The number of rotatable bonds is 6. The van der Waals surface area contributed by atoms with Gasteiger partial charge in [0.1, 0.15) is 11.6 Å². The lowest BCUT2D eigenvalue weighted by molar-refractivity contribution is -0.121. The third-order valence-corrected chi connectivity index (χ3v) is 5.24. The van der Waals surface area contributed by atoms with Gasteiger partial charge in [0.15, 0.2) is 0 Å². The summed E-state index contributed by atoms with van der Waals surface area (Å²) in [6.07, 6.45) is 1.40. The van der Waals surface area contributed by atoms with E-state index in [4.69, 9.17) is 0 Å². The molecule has 6 nitrogen and oxygen atoms in total. The molecule has 2 aromatic heterocycles. The van der Waals surface area contributed by atoms with Gasteiger partial charge in [-0.15, -0.1) is 11.3 Å². The Kier molecular flexibility index (Phi) is 5.58. The normalized spacial score (nSPS) is 10.6. The zero-order valence-corrected chi connectivity index (χ0v) is 16.3. The van der Waals surface area contributed by atoms with Crippen LogP contribution in [0.15, 0.2) is 83.2 Å². The second-order valence-corrected chi connectivity index (χ2v) is 7.25. The van der Waals surface area contributed by atoms with Crippen molar-refractivity contribution in [1.82, 2.24) is 19.9 Å². The summed E-state index contributed by atoms with van der Waals surface area (Å²) < 4.78 is 1.29. The highest BCUT2D eigenvalue weighted by molar-refractivity contribution is 7.13. The topological polar surface area (TPSA) is 76.9 Å². The Labute approximate surface area is 171 Å². The minimum Gasteiger partial charge on any atom is -0.349 e. The molecule has 0 fully saturated rings. The van der Waals surface area contributed by atoms with Gasteiger partial charge in [0.05, 0.1) is 24.3 Å². The smallest absolute Gasteiger partial charge is 0.254 e. The lowest BCUT2D eigenvalue weighted by Crippen LogP contribution is -2.32. The van der Waals surface area contributed by atoms with Gasteiger partial charge in [-0.3, -0.25) is 14.2 Å². The molecule has 0 aliphatic carbocycles. The maximum atomic E-state index is 12.3. The summed E-state index contributed by atoms with van der Waals surface area (Å²) >= 11 is 1.53. The van der Waals surface area contributed by atoms with Crippen LogP contribution in [0.25, 0.3) is 21.8 Å². The number of amides is 1. The van der Waals surface area contributed by atoms with Crippen LogP contribution >= 0.6 is 11.3 Å². The average molecular weight is 402 g/mol. The third kappa shape index (κ3) is 4.64. The number of hydrogen-bond donors (Lipinski definition) is 1. The molecule has 0 aliphatic rings. The minimum atomic E-state index is -0.269. The summed E-state index contributed by atoms with van der Waals surface area (Å²) in [6, 6.07) is 20.8. The van der Waals surface area contributed by atoms with E-state index in [-0.39, 0.29) is 18.0 Å². The minimum absolute atomic E-state index is 0.0867. The Hall–Kier alpha value is -3.58. The summed E-state index contributed by atoms with van der Waals surface area (Å²) in [4.78, 5) is 33.4. The molecule has 1 amide bonds. The molecular weight excluding hydrogens is 384 g/mol. The quantitative estimate of drug-likeness (QED) is 0.537. The number of nitrogens with one attached hydrogen (secondary N) is 1. The van der Waals surface area contributed by atoms with E-state index < -0.39 is 0 Å². The SMILES string of the molecule is O=C(Cn1cnc(-c2ccccc2)cc1=O)NCc1csc(-c2ccccc2)n1. The molecule has 0 unspecified atom stereocenters. The van der Waals surface area contributed by atoms with Crippen molar-refractivity contribution in [3.05, 3.63) is 94.5 Å². The van der Waals surface area contributed by atoms with Gasteiger partial charge in [-0.25, -0.2) is 9.97 Å². The largest absolute Gasteiger partial charge is 0.349 e. The average Bonchev–Trinajstić information content (AvgIpc) is 3.24. The lowest BCUT2D eigenvalue weighted by Gasteiger charge is -2.07. The molecular formula is C22H18N4O2S. The Morgan fingerprint density at radius 2 is 1.69 bits per heavy atom. The molecule has 0 spiro atoms. The van der Waals surface area contributed by atoms with Crippen LogP contribution in [0, 0.1) is 0 Å². The number of nitrogens with zero attached hydrogens (tertiary/aromatic N) is 3. The van der Waals surface area contributed by atoms with Crippen molar-refractivity contribution in [1.29, 1.82) is 0 Å². The molecule has 2 aromatic carbocycles. The summed E-state index contributed by atoms with van der Waals surface area (Å²) in [5.41, 5.74) is 3.01. The van der Waals surface area contributed by atoms with Crippen molar-refractivity contribution in [2.24, 2.45) is 0 Å². The van der Waals surface area contributed by atoms with E-state index in [0.717, 1.165) is 21.8 Å². The number of hydrogen-bond acceptors (Lipinski definition) is 5. The molecule has 29 heavy (non-hydrogen) atoms. The first-order valence-electron chi connectivity index (χ1n) is 9.07. The second kappa shape index (κ2) is 8.62. The number of benzene rings is 2. The van der Waals surface area contributed by atoms with Gasteiger partial charge in [-0.1, -0.05) is 60.7 Å². The van der Waals surface area contributed by atoms with Crippen molar-refractivity contribution in [2.75, 3.05) is 0 Å². The molecule has 2 heterocycles. The summed E-state index contributed by atoms with van der Waals surface area (Å²) in [5, 5.41) is 5.63. The second-order valence-electron chi connectivity index (χ2n) is 6.39. The van der Waals surface area contributed by atoms with Gasteiger partial charge >= 0.3 is 0 Å². The summed E-state index contributed by atoms with van der Waals surface area (Å²) in [7, 11) is 0. The maximum absolute atomic E-state index is 12.3. The molecule has 0 atom stereocenters. The van der Waals surface area contributed by atoms with Gasteiger partial charge in [0, 0.05) is 22.6 Å². The van der Waals surface area contributed by atoms with Crippen LogP contribution in [0.3, 0.4) is 0 Å². The molecule has 0 aliphatic heterocycles. The number of carbonyl (C=O) groups excluding carboxylic acids is 1. The van der Waals surface area contributed by atoms with Crippen molar-refractivity contribution < 1.29 is 4.79 Å². The highest BCUT2D eigenvalue weighted by atomic mass is 32.1. The predicted octanol–water partition coefficient (Wildman–Crippen LogP) is 3.35. The van der Waals surface area contributed by atoms with E-state index in [9.17, 15) is 9.59 Å². The van der Waals surface area contributed by atoms with Crippen molar-refractivity contribution in [2.45, 2.75) is 13.1 Å². The Morgan fingerprint density at radius 1 is 1.00 bits per heavy atom. The standard InChI is InChI=1S/C22H18N4O2S/c27-20(23-12-18-14-29-22(25-18)17-9-5-2-6-10-17)13-26-15-24-19(11-21(26)28)16-7-3-1-4-8-16/h1-11,14-15H,12-13H2,(H,23,27). The number of carbonyl (C=O) groups is 1. The summed E-state index contributed by atoms with van der Waals surface area (Å²) in [6.45, 7) is 0.225. The molecule has 0 radical (unpaired) electrons. The number of aromatic nitrogens is 3. The Morgan fingerprint density at radius 3 is 2.38 bits per heavy atom. The molecule has 0 saturated carbocycles. The lowest BCUT2D eigenvalue weighted by atomic mass is 10.1.